The lowest BCUT2D eigenvalue weighted by atomic mass is 9.86. The summed E-state index contributed by atoms with van der Waals surface area (Å²) in [6.45, 7) is 2.18. The van der Waals surface area contributed by atoms with E-state index >= 15 is 0 Å². The Balaban J connectivity index is 1.80. The molecule has 1 heterocycles. The molecular weight excluding hydrogens is 286 g/mol. The Bertz CT molecular complexity index is 863. The summed E-state index contributed by atoms with van der Waals surface area (Å²) in [7, 11) is 0. The molecule has 0 bridgehead atoms. The summed E-state index contributed by atoms with van der Waals surface area (Å²) < 4.78 is 39.7. The molecule has 0 spiro atoms. The Morgan fingerprint density at radius 2 is 1.73 bits per heavy atom. The molecule has 2 nitrogen and oxygen atoms in total. The van der Waals surface area contributed by atoms with Crippen molar-refractivity contribution in [1.82, 2.24) is 0 Å². The molecule has 114 valence electrons. The van der Waals surface area contributed by atoms with Gasteiger partial charge in [0.05, 0.1) is 6.61 Å². The van der Waals surface area contributed by atoms with Crippen LogP contribution in [0.2, 0.25) is 0 Å². The van der Waals surface area contributed by atoms with Crippen molar-refractivity contribution >= 4 is 21.9 Å². The van der Waals surface area contributed by atoms with Crippen LogP contribution in [0.5, 0.6) is 5.75 Å². The summed E-state index contributed by atoms with van der Waals surface area (Å²) in [6, 6.07) is 6.76. The molecule has 4 heteroatoms. The largest absolute Gasteiger partial charge is 0.490 e. The molecule has 1 aliphatic rings. The summed E-state index contributed by atoms with van der Waals surface area (Å²) in [4.78, 5) is 0. The minimum Gasteiger partial charge on any atom is -0.490 e. The molecule has 0 radical (unpaired) electrons. The van der Waals surface area contributed by atoms with Crippen LogP contribution >= 0.6 is 0 Å². The third-order valence-corrected chi connectivity index (χ3v) is 4.55. The predicted octanol–water partition coefficient (Wildman–Crippen LogP) is 5.35. The van der Waals surface area contributed by atoms with Crippen molar-refractivity contribution in [3.8, 4) is 5.75 Å². The summed E-state index contributed by atoms with van der Waals surface area (Å²) in [6.07, 6.45) is 3.50. The van der Waals surface area contributed by atoms with Gasteiger partial charge < -0.3 is 9.15 Å². The van der Waals surface area contributed by atoms with Gasteiger partial charge in [-0.2, -0.15) is 4.39 Å². The van der Waals surface area contributed by atoms with Gasteiger partial charge in [0.15, 0.2) is 22.7 Å². The fraction of sp³-hybridized carbons (Fsp3) is 0.333. The number of benzene rings is 2. The third-order valence-electron chi connectivity index (χ3n) is 4.55. The molecule has 4 rings (SSSR count). The number of fused-ring (bicyclic) bond motifs is 3. The fourth-order valence-electron chi connectivity index (χ4n) is 2.90. The summed E-state index contributed by atoms with van der Waals surface area (Å²) >= 11 is 0. The SMILES string of the molecule is Cc1ccc2c(oc3c(F)c(OCC4CCC4)ccc32)c1F. The molecule has 1 saturated carbocycles. The molecular formula is C18H16F2O2. The second kappa shape index (κ2) is 4.97. The first-order valence-electron chi connectivity index (χ1n) is 7.58. The van der Waals surface area contributed by atoms with Crippen LogP contribution in [0.15, 0.2) is 28.7 Å². The number of hydrogen-bond donors (Lipinski definition) is 0. The van der Waals surface area contributed by atoms with E-state index in [0.29, 0.717) is 28.9 Å². The minimum atomic E-state index is -0.551. The Morgan fingerprint density at radius 3 is 2.41 bits per heavy atom. The zero-order valence-electron chi connectivity index (χ0n) is 12.3. The molecule has 22 heavy (non-hydrogen) atoms. The highest BCUT2D eigenvalue weighted by molar-refractivity contribution is 6.05. The van der Waals surface area contributed by atoms with Crippen molar-refractivity contribution in [3.63, 3.8) is 0 Å². The number of aryl methyl sites for hydroxylation is 1. The average Bonchev–Trinajstić information content (AvgIpc) is 2.84. The molecule has 0 amide bonds. The van der Waals surface area contributed by atoms with Gasteiger partial charge in [-0.25, -0.2) is 4.39 Å². The highest BCUT2D eigenvalue weighted by Gasteiger charge is 2.21. The lowest BCUT2D eigenvalue weighted by Gasteiger charge is -2.25. The molecule has 0 N–H and O–H groups in total. The van der Waals surface area contributed by atoms with Crippen molar-refractivity contribution in [2.24, 2.45) is 5.92 Å². The smallest absolute Gasteiger partial charge is 0.208 e. The topological polar surface area (TPSA) is 22.4 Å². The van der Waals surface area contributed by atoms with Gasteiger partial charge in [-0.3, -0.25) is 0 Å². The van der Waals surface area contributed by atoms with Crippen molar-refractivity contribution in [1.29, 1.82) is 0 Å². The second-order valence-electron chi connectivity index (χ2n) is 6.04. The van der Waals surface area contributed by atoms with E-state index in [9.17, 15) is 8.78 Å². The fourth-order valence-corrected chi connectivity index (χ4v) is 2.90. The first-order chi connectivity index (χ1) is 10.6. The first-order valence-corrected chi connectivity index (χ1v) is 7.58. The number of rotatable bonds is 3. The van der Waals surface area contributed by atoms with Crippen LogP contribution in [0.25, 0.3) is 21.9 Å². The van der Waals surface area contributed by atoms with Crippen molar-refractivity contribution in [3.05, 3.63) is 41.5 Å². The van der Waals surface area contributed by atoms with Crippen LogP contribution in [0.3, 0.4) is 0 Å². The van der Waals surface area contributed by atoms with Crippen LogP contribution in [-0.2, 0) is 0 Å². The minimum absolute atomic E-state index is 0.0607. The Labute approximate surface area is 126 Å². The lowest BCUT2D eigenvalue weighted by molar-refractivity contribution is 0.175. The number of furan rings is 1. The van der Waals surface area contributed by atoms with Crippen LogP contribution in [0, 0.1) is 24.5 Å². The summed E-state index contributed by atoms with van der Waals surface area (Å²) in [5, 5.41) is 1.16. The molecule has 2 aromatic carbocycles. The molecule has 0 aliphatic heterocycles. The van der Waals surface area contributed by atoms with Crippen molar-refractivity contribution < 1.29 is 17.9 Å². The molecule has 1 aliphatic carbocycles. The van der Waals surface area contributed by atoms with E-state index in [-0.39, 0.29) is 16.9 Å². The maximum atomic E-state index is 14.6. The number of halogens is 2. The van der Waals surface area contributed by atoms with Gasteiger partial charge in [0.25, 0.3) is 0 Å². The van der Waals surface area contributed by atoms with E-state index in [1.165, 1.54) is 6.42 Å². The van der Waals surface area contributed by atoms with Gasteiger partial charge >= 0.3 is 0 Å². The van der Waals surface area contributed by atoms with Crippen LogP contribution in [-0.4, -0.2) is 6.61 Å². The van der Waals surface area contributed by atoms with E-state index in [1.807, 2.05) is 0 Å². The third kappa shape index (κ3) is 1.97. The van der Waals surface area contributed by atoms with Gasteiger partial charge in [-0.1, -0.05) is 18.6 Å². The lowest BCUT2D eigenvalue weighted by Crippen LogP contribution is -2.19. The normalized spacial score (nSPS) is 15.4. The predicted molar refractivity (Wildman–Crippen MR) is 81.2 cm³/mol. The van der Waals surface area contributed by atoms with Gasteiger partial charge in [0.2, 0.25) is 5.82 Å². The molecule has 0 saturated heterocycles. The van der Waals surface area contributed by atoms with Gasteiger partial charge in [0, 0.05) is 10.8 Å². The standard InChI is InChI=1S/C18H16F2O2/c1-10-5-6-12-13-7-8-14(21-9-11-3-2-4-11)16(20)18(13)22-17(12)15(10)19/h5-8,11H,2-4,9H2,1H3. The van der Waals surface area contributed by atoms with Crippen molar-refractivity contribution in [2.45, 2.75) is 26.2 Å². The van der Waals surface area contributed by atoms with Crippen LogP contribution in [0.4, 0.5) is 8.78 Å². The molecule has 0 unspecified atom stereocenters. The Hall–Kier alpha value is -2.10. The monoisotopic (exact) mass is 302 g/mol. The quantitative estimate of drug-likeness (QED) is 0.650. The maximum Gasteiger partial charge on any atom is 0.208 e. The molecule has 3 aromatic rings. The van der Waals surface area contributed by atoms with Crippen LogP contribution in [0.1, 0.15) is 24.8 Å². The average molecular weight is 302 g/mol. The van der Waals surface area contributed by atoms with E-state index in [1.54, 1.807) is 31.2 Å². The molecule has 1 aromatic heterocycles. The van der Waals surface area contributed by atoms with E-state index < -0.39 is 11.6 Å². The second-order valence-corrected chi connectivity index (χ2v) is 6.04. The first kappa shape index (κ1) is 13.6. The van der Waals surface area contributed by atoms with Gasteiger partial charge in [-0.15, -0.1) is 0 Å². The summed E-state index contributed by atoms with van der Waals surface area (Å²) in [5.74, 6) is -0.295. The number of hydrogen-bond acceptors (Lipinski definition) is 2. The molecule has 0 atom stereocenters. The maximum absolute atomic E-state index is 14.6. The van der Waals surface area contributed by atoms with Crippen LogP contribution < -0.4 is 4.74 Å². The zero-order chi connectivity index (χ0) is 15.3. The highest BCUT2D eigenvalue weighted by Crippen LogP contribution is 2.36. The summed E-state index contributed by atoms with van der Waals surface area (Å²) in [5.41, 5.74) is 0.643. The van der Waals surface area contributed by atoms with Gasteiger partial charge in [0.1, 0.15) is 0 Å². The van der Waals surface area contributed by atoms with Crippen molar-refractivity contribution in [2.75, 3.05) is 6.61 Å². The Morgan fingerprint density at radius 1 is 1.05 bits per heavy atom. The number of ether oxygens (including phenoxy) is 1. The van der Waals surface area contributed by atoms with E-state index in [0.717, 1.165) is 12.8 Å². The zero-order valence-corrected chi connectivity index (χ0v) is 12.3. The molecule has 1 fully saturated rings. The highest BCUT2D eigenvalue weighted by atomic mass is 19.1. The Kier molecular flexibility index (Phi) is 3.06. The van der Waals surface area contributed by atoms with E-state index in [4.69, 9.17) is 9.15 Å². The van der Waals surface area contributed by atoms with Gasteiger partial charge in [-0.05, 0) is 43.4 Å². The van der Waals surface area contributed by atoms with E-state index in [2.05, 4.69) is 0 Å².